The normalized spacial score (nSPS) is 14.4. The van der Waals surface area contributed by atoms with E-state index in [9.17, 15) is 13.5 Å². The molecule has 0 amide bonds. The Morgan fingerprint density at radius 2 is 1.89 bits per heavy atom. The Kier molecular flexibility index (Phi) is 5.12. The maximum atomic E-state index is 12.3. The number of benzene rings is 1. The van der Waals surface area contributed by atoms with Crippen LogP contribution in [-0.2, 0) is 10.0 Å². The van der Waals surface area contributed by atoms with Crippen LogP contribution in [0.3, 0.4) is 0 Å². The van der Waals surface area contributed by atoms with E-state index in [1.54, 1.807) is 25.1 Å². The third kappa shape index (κ3) is 4.03. The van der Waals surface area contributed by atoms with E-state index < -0.39 is 21.7 Å². The SMILES string of the molecule is CCC(C)(CC)NS(=O)(=O)c1cccc(C(C)O)c1. The van der Waals surface area contributed by atoms with Gasteiger partial charge in [0.2, 0.25) is 10.0 Å². The molecule has 1 aromatic carbocycles. The van der Waals surface area contributed by atoms with E-state index in [0.29, 0.717) is 5.56 Å². The van der Waals surface area contributed by atoms with Crippen molar-refractivity contribution >= 4 is 10.0 Å². The summed E-state index contributed by atoms with van der Waals surface area (Å²) in [5, 5.41) is 9.52. The lowest BCUT2D eigenvalue weighted by atomic mass is 9.98. The molecule has 0 saturated heterocycles. The van der Waals surface area contributed by atoms with Gasteiger partial charge in [0, 0.05) is 5.54 Å². The fraction of sp³-hybridized carbons (Fsp3) is 0.571. The summed E-state index contributed by atoms with van der Waals surface area (Å²) in [7, 11) is -3.56. The summed E-state index contributed by atoms with van der Waals surface area (Å²) in [6, 6.07) is 6.41. The lowest BCUT2D eigenvalue weighted by Gasteiger charge is -2.27. The van der Waals surface area contributed by atoms with E-state index >= 15 is 0 Å². The second kappa shape index (κ2) is 6.03. The van der Waals surface area contributed by atoms with Crippen molar-refractivity contribution in [3.05, 3.63) is 29.8 Å². The van der Waals surface area contributed by atoms with Crippen molar-refractivity contribution in [3.8, 4) is 0 Å². The van der Waals surface area contributed by atoms with Gasteiger partial charge in [0.25, 0.3) is 0 Å². The highest BCUT2D eigenvalue weighted by Gasteiger charge is 2.27. The molecule has 19 heavy (non-hydrogen) atoms. The van der Waals surface area contributed by atoms with Crippen molar-refractivity contribution in [2.75, 3.05) is 0 Å². The Bertz CT molecular complexity index is 519. The van der Waals surface area contributed by atoms with E-state index in [1.165, 1.54) is 6.07 Å². The van der Waals surface area contributed by atoms with Crippen LogP contribution >= 0.6 is 0 Å². The third-order valence-electron chi connectivity index (χ3n) is 3.59. The number of hydrogen-bond donors (Lipinski definition) is 2. The molecular formula is C14H23NO3S. The van der Waals surface area contributed by atoms with E-state index in [4.69, 9.17) is 0 Å². The van der Waals surface area contributed by atoms with Crippen LogP contribution in [-0.4, -0.2) is 19.1 Å². The number of nitrogens with one attached hydrogen (secondary N) is 1. The summed E-state index contributed by atoms with van der Waals surface area (Å²) in [4.78, 5) is 0.194. The average molecular weight is 285 g/mol. The standard InChI is InChI=1S/C14H23NO3S/c1-5-14(4,6-2)15-19(17,18)13-9-7-8-12(10-13)11(3)16/h7-11,15-16H,5-6H2,1-4H3. The molecule has 0 bridgehead atoms. The Labute approximate surface area is 115 Å². The maximum absolute atomic E-state index is 12.3. The summed E-state index contributed by atoms with van der Waals surface area (Å²) in [6.07, 6.45) is 0.761. The predicted molar refractivity (Wildman–Crippen MR) is 76.4 cm³/mol. The number of hydrogen-bond acceptors (Lipinski definition) is 3. The molecule has 0 radical (unpaired) electrons. The van der Waals surface area contributed by atoms with Gasteiger partial charge in [0.05, 0.1) is 11.0 Å². The van der Waals surface area contributed by atoms with Gasteiger partial charge in [-0.1, -0.05) is 26.0 Å². The van der Waals surface area contributed by atoms with Crippen LogP contribution in [0.1, 0.15) is 52.2 Å². The predicted octanol–water partition coefficient (Wildman–Crippen LogP) is 2.60. The topological polar surface area (TPSA) is 66.4 Å². The van der Waals surface area contributed by atoms with Crippen molar-refractivity contribution in [3.63, 3.8) is 0 Å². The van der Waals surface area contributed by atoms with Crippen molar-refractivity contribution in [2.45, 2.75) is 57.1 Å². The third-order valence-corrected chi connectivity index (χ3v) is 5.23. The first-order chi connectivity index (χ1) is 8.74. The van der Waals surface area contributed by atoms with Crippen LogP contribution in [0, 0.1) is 0 Å². The van der Waals surface area contributed by atoms with Crippen LogP contribution in [0.15, 0.2) is 29.2 Å². The van der Waals surface area contributed by atoms with Crippen LogP contribution in [0.25, 0.3) is 0 Å². The molecule has 1 rings (SSSR count). The highest BCUT2D eigenvalue weighted by Crippen LogP contribution is 2.21. The van der Waals surface area contributed by atoms with Crippen molar-refractivity contribution < 1.29 is 13.5 Å². The minimum atomic E-state index is -3.56. The van der Waals surface area contributed by atoms with Crippen LogP contribution < -0.4 is 4.72 Å². The molecule has 0 spiro atoms. The fourth-order valence-corrected chi connectivity index (χ4v) is 3.32. The zero-order valence-electron chi connectivity index (χ0n) is 12.0. The molecule has 0 heterocycles. The van der Waals surface area contributed by atoms with Gasteiger partial charge in [-0.05, 0) is 44.4 Å². The van der Waals surface area contributed by atoms with Gasteiger partial charge in [0.1, 0.15) is 0 Å². The Morgan fingerprint density at radius 3 is 2.37 bits per heavy atom. The monoisotopic (exact) mass is 285 g/mol. The van der Waals surface area contributed by atoms with Gasteiger partial charge in [-0.2, -0.15) is 0 Å². The molecule has 1 aromatic rings. The molecule has 0 aromatic heterocycles. The highest BCUT2D eigenvalue weighted by atomic mass is 32.2. The van der Waals surface area contributed by atoms with Gasteiger partial charge >= 0.3 is 0 Å². The Balaban J connectivity index is 3.10. The van der Waals surface area contributed by atoms with Gasteiger partial charge in [0.15, 0.2) is 0 Å². The molecule has 1 atom stereocenters. The van der Waals surface area contributed by atoms with Crippen LogP contribution in [0.2, 0.25) is 0 Å². The number of aliphatic hydroxyl groups excluding tert-OH is 1. The number of rotatable bonds is 6. The van der Waals surface area contributed by atoms with Crippen LogP contribution in [0.5, 0.6) is 0 Å². The van der Waals surface area contributed by atoms with Gasteiger partial charge in [-0.3, -0.25) is 0 Å². The number of sulfonamides is 1. The molecule has 0 aliphatic carbocycles. The first kappa shape index (κ1) is 16.1. The highest BCUT2D eigenvalue weighted by molar-refractivity contribution is 7.89. The summed E-state index contributed by atoms with van der Waals surface area (Å²) in [5.41, 5.74) is 0.150. The molecule has 0 aliphatic heterocycles. The average Bonchev–Trinajstić information content (AvgIpc) is 2.38. The maximum Gasteiger partial charge on any atom is 0.241 e. The lowest BCUT2D eigenvalue weighted by molar-refractivity contribution is 0.199. The second-order valence-corrected chi connectivity index (χ2v) is 6.80. The van der Waals surface area contributed by atoms with E-state index in [-0.39, 0.29) is 4.90 Å². The molecule has 1 unspecified atom stereocenters. The zero-order chi connectivity index (χ0) is 14.7. The second-order valence-electron chi connectivity index (χ2n) is 5.12. The minimum Gasteiger partial charge on any atom is -0.389 e. The molecule has 5 heteroatoms. The minimum absolute atomic E-state index is 0.194. The largest absolute Gasteiger partial charge is 0.389 e. The van der Waals surface area contributed by atoms with Gasteiger partial charge in [-0.15, -0.1) is 0 Å². The molecule has 4 nitrogen and oxygen atoms in total. The van der Waals surface area contributed by atoms with E-state index in [1.807, 2.05) is 20.8 Å². The van der Waals surface area contributed by atoms with Crippen LogP contribution in [0.4, 0.5) is 0 Å². The summed E-state index contributed by atoms with van der Waals surface area (Å²) >= 11 is 0. The molecular weight excluding hydrogens is 262 g/mol. The van der Waals surface area contributed by atoms with E-state index in [0.717, 1.165) is 12.8 Å². The van der Waals surface area contributed by atoms with Crippen molar-refractivity contribution in [2.24, 2.45) is 0 Å². The zero-order valence-corrected chi connectivity index (χ0v) is 12.8. The summed E-state index contributed by atoms with van der Waals surface area (Å²) in [6.45, 7) is 7.42. The Morgan fingerprint density at radius 1 is 1.32 bits per heavy atom. The van der Waals surface area contributed by atoms with E-state index in [2.05, 4.69) is 4.72 Å². The number of aliphatic hydroxyl groups is 1. The van der Waals surface area contributed by atoms with Gasteiger partial charge in [-0.25, -0.2) is 13.1 Å². The van der Waals surface area contributed by atoms with Gasteiger partial charge < -0.3 is 5.11 Å². The molecule has 0 saturated carbocycles. The fourth-order valence-electron chi connectivity index (χ4n) is 1.72. The molecule has 2 N–H and O–H groups in total. The molecule has 0 aliphatic rings. The Hall–Kier alpha value is -0.910. The summed E-state index contributed by atoms with van der Waals surface area (Å²) < 4.78 is 27.4. The quantitative estimate of drug-likeness (QED) is 0.844. The van der Waals surface area contributed by atoms with Crippen molar-refractivity contribution in [1.29, 1.82) is 0 Å². The summed E-state index contributed by atoms with van der Waals surface area (Å²) in [5.74, 6) is 0. The van der Waals surface area contributed by atoms with Crippen molar-refractivity contribution in [1.82, 2.24) is 4.72 Å². The molecule has 0 fully saturated rings. The smallest absolute Gasteiger partial charge is 0.241 e. The molecule has 108 valence electrons. The first-order valence-electron chi connectivity index (χ1n) is 6.56. The lowest BCUT2D eigenvalue weighted by Crippen LogP contribution is -2.44. The first-order valence-corrected chi connectivity index (χ1v) is 8.04.